The molecule has 0 aliphatic rings. The van der Waals surface area contributed by atoms with Gasteiger partial charge in [-0.3, -0.25) is 0 Å². The molecule has 1 rings (SSSR count). The first kappa shape index (κ1) is 14.2. The van der Waals surface area contributed by atoms with E-state index in [0.717, 1.165) is 36.5 Å². The molecule has 0 amide bonds. The summed E-state index contributed by atoms with van der Waals surface area (Å²) < 4.78 is 0.301. The molecule has 1 aromatic rings. The number of hydrogen-bond donors (Lipinski definition) is 2. The van der Waals surface area contributed by atoms with Gasteiger partial charge in [0.25, 0.3) is 0 Å². The maximum Gasteiger partial charge on any atom is 0.129 e. The number of hydrogen-bond acceptors (Lipinski definition) is 4. The Hall–Kier alpha value is -0.900. The molecule has 0 aromatic carbocycles. The second-order valence-corrected chi connectivity index (χ2v) is 5.66. The minimum absolute atomic E-state index is 0.301. The SMILES string of the molecule is CCC(CC)(CNc1ncc(N)cc1C)SC. The highest BCUT2D eigenvalue weighted by Crippen LogP contribution is 2.30. The van der Waals surface area contributed by atoms with Gasteiger partial charge in [-0.25, -0.2) is 4.98 Å². The van der Waals surface area contributed by atoms with Gasteiger partial charge in [-0.15, -0.1) is 0 Å². The highest BCUT2D eigenvalue weighted by molar-refractivity contribution is 8.00. The first-order valence-corrected chi connectivity index (χ1v) is 7.30. The van der Waals surface area contributed by atoms with Gasteiger partial charge < -0.3 is 11.1 Å². The van der Waals surface area contributed by atoms with Crippen LogP contribution in [0.1, 0.15) is 32.3 Å². The predicted octanol–water partition coefficient (Wildman–Crippen LogP) is 3.31. The Kier molecular flexibility index (Phi) is 5.12. The smallest absolute Gasteiger partial charge is 0.129 e. The third-order valence-electron chi connectivity index (χ3n) is 3.40. The van der Waals surface area contributed by atoms with Gasteiger partial charge in [-0.05, 0) is 37.7 Å². The van der Waals surface area contributed by atoms with Gasteiger partial charge in [-0.1, -0.05) is 13.8 Å². The fourth-order valence-electron chi connectivity index (χ4n) is 1.89. The predicted molar refractivity (Wildman–Crippen MR) is 78.7 cm³/mol. The molecule has 0 unspecified atom stereocenters. The van der Waals surface area contributed by atoms with Crippen LogP contribution >= 0.6 is 11.8 Å². The molecule has 0 fully saturated rings. The van der Waals surface area contributed by atoms with Crippen LogP contribution in [0.25, 0.3) is 0 Å². The summed E-state index contributed by atoms with van der Waals surface area (Å²) in [5, 5.41) is 3.45. The number of nitrogens with one attached hydrogen (secondary N) is 1. The number of nitrogens with two attached hydrogens (primary N) is 1. The van der Waals surface area contributed by atoms with E-state index >= 15 is 0 Å². The van der Waals surface area contributed by atoms with E-state index < -0.39 is 0 Å². The van der Waals surface area contributed by atoms with E-state index in [1.54, 1.807) is 6.20 Å². The van der Waals surface area contributed by atoms with Crippen LogP contribution in [-0.2, 0) is 0 Å². The monoisotopic (exact) mass is 253 g/mol. The molecule has 0 aliphatic heterocycles. The topological polar surface area (TPSA) is 50.9 Å². The summed E-state index contributed by atoms with van der Waals surface area (Å²) in [6.07, 6.45) is 6.20. The number of aromatic nitrogens is 1. The summed E-state index contributed by atoms with van der Waals surface area (Å²) in [6, 6.07) is 1.95. The van der Waals surface area contributed by atoms with Crippen LogP contribution in [0.5, 0.6) is 0 Å². The average Bonchev–Trinajstić information content (AvgIpc) is 2.33. The van der Waals surface area contributed by atoms with Gasteiger partial charge in [-0.2, -0.15) is 11.8 Å². The van der Waals surface area contributed by atoms with Crippen LogP contribution in [0.2, 0.25) is 0 Å². The van der Waals surface area contributed by atoms with Crippen molar-refractivity contribution in [3.05, 3.63) is 17.8 Å². The fraction of sp³-hybridized carbons (Fsp3) is 0.615. The van der Waals surface area contributed by atoms with Crippen LogP contribution in [0, 0.1) is 6.92 Å². The second-order valence-electron chi connectivity index (χ2n) is 4.38. The molecule has 0 saturated heterocycles. The minimum Gasteiger partial charge on any atom is -0.397 e. The molecule has 0 radical (unpaired) electrons. The second kappa shape index (κ2) is 6.15. The number of anilines is 2. The van der Waals surface area contributed by atoms with Gasteiger partial charge in [0.15, 0.2) is 0 Å². The number of thioether (sulfide) groups is 1. The lowest BCUT2D eigenvalue weighted by Gasteiger charge is -2.30. The number of nitrogens with zero attached hydrogens (tertiary/aromatic N) is 1. The van der Waals surface area contributed by atoms with Gasteiger partial charge in [0.05, 0.1) is 11.9 Å². The largest absolute Gasteiger partial charge is 0.397 e. The van der Waals surface area contributed by atoms with Crippen molar-refractivity contribution in [1.82, 2.24) is 4.98 Å². The van der Waals surface area contributed by atoms with E-state index in [4.69, 9.17) is 5.73 Å². The molecule has 0 spiro atoms. The minimum atomic E-state index is 0.301. The Bertz CT molecular complexity index is 353. The van der Waals surface area contributed by atoms with Crippen LogP contribution in [0.4, 0.5) is 11.5 Å². The Labute approximate surface area is 109 Å². The summed E-state index contributed by atoms with van der Waals surface area (Å²) in [7, 11) is 0. The maximum atomic E-state index is 5.69. The highest BCUT2D eigenvalue weighted by atomic mass is 32.2. The summed E-state index contributed by atoms with van der Waals surface area (Å²) in [6.45, 7) is 7.46. The summed E-state index contributed by atoms with van der Waals surface area (Å²) in [4.78, 5) is 4.34. The molecule has 96 valence electrons. The molecule has 0 atom stereocenters. The van der Waals surface area contributed by atoms with E-state index in [-0.39, 0.29) is 0 Å². The average molecular weight is 253 g/mol. The van der Waals surface area contributed by atoms with Crippen molar-refractivity contribution in [3.8, 4) is 0 Å². The van der Waals surface area contributed by atoms with Crippen LogP contribution in [-0.4, -0.2) is 22.5 Å². The molecule has 1 heterocycles. The fourth-order valence-corrected chi connectivity index (χ4v) is 2.68. The Morgan fingerprint density at radius 1 is 1.41 bits per heavy atom. The van der Waals surface area contributed by atoms with Crippen molar-refractivity contribution >= 4 is 23.3 Å². The van der Waals surface area contributed by atoms with Crippen molar-refractivity contribution in [3.63, 3.8) is 0 Å². The van der Waals surface area contributed by atoms with Crippen LogP contribution in [0.3, 0.4) is 0 Å². The van der Waals surface area contributed by atoms with E-state index in [2.05, 4.69) is 30.4 Å². The standard InChI is InChI=1S/C13H23N3S/c1-5-13(6-2,17-4)9-16-12-10(3)7-11(14)8-15-12/h7-8H,5-6,9,14H2,1-4H3,(H,15,16). The molecule has 3 N–H and O–H groups in total. The summed E-state index contributed by atoms with van der Waals surface area (Å²) in [5.41, 5.74) is 7.52. The molecule has 0 aliphatic carbocycles. The van der Waals surface area contributed by atoms with E-state index in [0.29, 0.717) is 4.75 Å². The summed E-state index contributed by atoms with van der Waals surface area (Å²) >= 11 is 1.93. The molecule has 17 heavy (non-hydrogen) atoms. The Morgan fingerprint density at radius 3 is 2.53 bits per heavy atom. The van der Waals surface area contributed by atoms with Gasteiger partial charge in [0, 0.05) is 11.3 Å². The van der Waals surface area contributed by atoms with Gasteiger partial charge >= 0.3 is 0 Å². The molecule has 0 bridgehead atoms. The van der Waals surface area contributed by atoms with Crippen molar-refractivity contribution in [2.75, 3.05) is 23.9 Å². The lowest BCUT2D eigenvalue weighted by molar-refractivity contribution is 0.574. The zero-order valence-corrected chi connectivity index (χ0v) is 12.0. The third kappa shape index (κ3) is 3.53. The molecule has 4 heteroatoms. The molecular weight excluding hydrogens is 230 g/mol. The van der Waals surface area contributed by atoms with Crippen LogP contribution < -0.4 is 11.1 Å². The van der Waals surface area contributed by atoms with Crippen molar-refractivity contribution < 1.29 is 0 Å². The van der Waals surface area contributed by atoms with Crippen molar-refractivity contribution in [1.29, 1.82) is 0 Å². The lowest BCUT2D eigenvalue weighted by atomic mass is 10.0. The molecule has 0 saturated carbocycles. The number of nitrogen functional groups attached to an aromatic ring is 1. The zero-order chi connectivity index (χ0) is 12.9. The van der Waals surface area contributed by atoms with Crippen molar-refractivity contribution in [2.45, 2.75) is 38.4 Å². The van der Waals surface area contributed by atoms with Crippen LogP contribution in [0.15, 0.2) is 12.3 Å². The van der Waals surface area contributed by atoms with E-state index in [1.165, 1.54) is 0 Å². The van der Waals surface area contributed by atoms with Gasteiger partial charge in [0.1, 0.15) is 5.82 Å². The summed E-state index contributed by atoms with van der Waals surface area (Å²) in [5.74, 6) is 0.944. The van der Waals surface area contributed by atoms with Gasteiger partial charge in [0.2, 0.25) is 0 Å². The molecule has 3 nitrogen and oxygen atoms in total. The Morgan fingerprint density at radius 2 is 2.06 bits per heavy atom. The highest BCUT2D eigenvalue weighted by Gasteiger charge is 2.24. The van der Waals surface area contributed by atoms with E-state index in [1.807, 2.05) is 24.8 Å². The third-order valence-corrected chi connectivity index (χ3v) is 4.99. The first-order chi connectivity index (χ1) is 8.06. The number of pyridine rings is 1. The lowest BCUT2D eigenvalue weighted by Crippen LogP contribution is -2.32. The van der Waals surface area contributed by atoms with E-state index in [9.17, 15) is 0 Å². The Balaban J connectivity index is 2.72. The first-order valence-electron chi connectivity index (χ1n) is 6.08. The number of aryl methyl sites for hydroxylation is 1. The zero-order valence-electron chi connectivity index (χ0n) is 11.2. The van der Waals surface area contributed by atoms with Crippen molar-refractivity contribution in [2.24, 2.45) is 0 Å². The molecule has 1 aromatic heterocycles. The maximum absolute atomic E-state index is 5.69. The number of rotatable bonds is 6. The normalized spacial score (nSPS) is 11.5. The quantitative estimate of drug-likeness (QED) is 0.816. The molecular formula is C13H23N3S.